The van der Waals surface area contributed by atoms with Crippen LogP contribution < -0.4 is 14.8 Å². The Morgan fingerprint density at radius 2 is 1.88 bits per heavy atom. The molecule has 0 atom stereocenters. The van der Waals surface area contributed by atoms with Gasteiger partial charge in [-0.2, -0.15) is 0 Å². The SMILES string of the molecule is COc1ccc(OC)c(/C=C/C(=O)OCc2csc(CC(=O)Nc3ccc(C)cc3)n2)c1. The number of nitrogens with zero attached hydrogens (tertiary/aromatic N) is 1. The van der Waals surface area contributed by atoms with Gasteiger partial charge in [0.05, 0.1) is 26.3 Å². The molecule has 7 nitrogen and oxygen atoms in total. The van der Waals surface area contributed by atoms with Crippen LogP contribution in [0.25, 0.3) is 6.08 Å². The standard InChI is InChI=1S/C24H24N2O5S/c1-16-4-7-18(8-5-16)25-22(27)13-23-26-19(15-32-23)14-31-24(28)11-6-17-12-20(29-2)9-10-21(17)30-3/h4-12,15H,13-14H2,1-3H3,(H,25,27)/b11-6+. The molecule has 1 amide bonds. The van der Waals surface area contributed by atoms with Crippen molar-refractivity contribution in [2.75, 3.05) is 19.5 Å². The van der Waals surface area contributed by atoms with Crippen LogP contribution in [0.4, 0.5) is 5.69 Å². The van der Waals surface area contributed by atoms with Crippen molar-refractivity contribution in [3.8, 4) is 11.5 Å². The summed E-state index contributed by atoms with van der Waals surface area (Å²) in [4.78, 5) is 28.7. The summed E-state index contributed by atoms with van der Waals surface area (Å²) in [5.41, 5.74) is 3.15. The number of aromatic nitrogens is 1. The molecule has 0 saturated carbocycles. The van der Waals surface area contributed by atoms with Gasteiger partial charge in [0.15, 0.2) is 0 Å². The first-order chi connectivity index (χ1) is 15.5. The van der Waals surface area contributed by atoms with Crippen LogP contribution in [0.2, 0.25) is 0 Å². The first kappa shape index (κ1) is 23.0. The van der Waals surface area contributed by atoms with Gasteiger partial charge in [0, 0.05) is 22.7 Å². The van der Waals surface area contributed by atoms with Crippen molar-refractivity contribution in [2.45, 2.75) is 20.0 Å². The number of methoxy groups -OCH3 is 2. The molecule has 2 aromatic carbocycles. The predicted octanol–water partition coefficient (Wildman–Crippen LogP) is 4.41. The number of nitrogens with one attached hydrogen (secondary N) is 1. The van der Waals surface area contributed by atoms with Gasteiger partial charge in [0.25, 0.3) is 0 Å². The largest absolute Gasteiger partial charge is 0.497 e. The number of esters is 1. The summed E-state index contributed by atoms with van der Waals surface area (Å²) >= 11 is 1.35. The van der Waals surface area contributed by atoms with E-state index in [2.05, 4.69) is 10.3 Å². The molecule has 166 valence electrons. The Labute approximate surface area is 190 Å². The van der Waals surface area contributed by atoms with Crippen LogP contribution in [0, 0.1) is 6.92 Å². The van der Waals surface area contributed by atoms with Crippen molar-refractivity contribution in [1.82, 2.24) is 4.98 Å². The Morgan fingerprint density at radius 3 is 2.59 bits per heavy atom. The van der Waals surface area contributed by atoms with E-state index in [1.807, 2.05) is 31.2 Å². The third-order valence-corrected chi connectivity index (χ3v) is 5.34. The second kappa shape index (κ2) is 11.1. The van der Waals surface area contributed by atoms with Crippen LogP contribution in [-0.4, -0.2) is 31.1 Å². The molecule has 0 aliphatic carbocycles. The van der Waals surface area contributed by atoms with Crippen molar-refractivity contribution >= 4 is 35.0 Å². The zero-order chi connectivity index (χ0) is 22.9. The van der Waals surface area contributed by atoms with Crippen LogP contribution in [0.1, 0.15) is 21.8 Å². The lowest BCUT2D eigenvalue weighted by molar-refractivity contribution is -0.139. The highest BCUT2D eigenvalue weighted by Crippen LogP contribution is 2.25. The smallest absolute Gasteiger partial charge is 0.331 e. The lowest BCUT2D eigenvalue weighted by atomic mass is 10.1. The fraction of sp³-hybridized carbons (Fsp3) is 0.208. The predicted molar refractivity (Wildman–Crippen MR) is 124 cm³/mol. The highest BCUT2D eigenvalue weighted by Gasteiger charge is 2.10. The first-order valence-corrected chi connectivity index (χ1v) is 10.7. The van der Waals surface area contributed by atoms with Gasteiger partial charge in [0.2, 0.25) is 5.91 Å². The summed E-state index contributed by atoms with van der Waals surface area (Å²) in [6.07, 6.45) is 3.08. The summed E-state index contributed by atoms with van der Waals surface area (Å²) in [7, 11) is 3.12. The molecule has 0 spiro atoms. The number of hydrogen-bond acceptors (Lipinski definition) is 7. The van der Waals surface area contributed by atoms with E-state index >= 15 is 0 Å². The van der Waals surface area contributed by atoms with Crippen LogP contribution in [0.3, 0.4) is 0 Å². The minimum Gasteiger partial charge on any atom is -0.497 e. The van der Waals surface area contributed by atoms with Crippen molar-refractivity contribution < 1.29 is 23.8 Å². The number of rotatable bonds is 9. The molecule has 8 heteroatoms. The second-order valence-electron chi connectivity index (χ2n) is 6.87. The summed E-state index contributed by atoms with van der Waals surface area (Å²) in [5, 5.41) is 5.27. The number of benzene rings is 2. The van der Waals surface area contributed by atoms with Gasteiger partial charge in [-0.1, -0.05) is 17.7 Å². The second-order valence-corrected chi connectivity index (χ2v) is 7.82. The molecule has 0 aliphatic rings. The molecule has 0 aliphatic heterocycles. The van der Waals surface area contributed by atoms with Crippen LogP contribution in [0.5, 0.6) is 11.5 Å². The minimum atomic E-state index is -0.512. The number of thiazole rings is 1. The zero-order valence-electron chi connectivity index (χ0n) is 18.1. The Bertz CT molecular complexity index is 1110. The number of anilines is 1. The summed E-state index contributed by atoms with van der Waals surface area (Å²) < 4.78 is 15.7. The van der Waals surface area contributed by atoms with Crippen molar-refractivity contribution in [3.05, 3.63) is 75.7 Å². The lowest BCUT2D eigenvalue weighted by Crippen LogP contribution is -2.14. The lowest BCUT2D eigenvalue weighted by Gasteiger charge is -2.07. The third-order valence-electron chi connectivity index (χ3n) is 4.44. The number of hydrogen-bond donors (Lipinski definition) is 1. The summed E-state index contributed by atoms with van der Waals surface area (Å²) in [6.45, 7) is 2.01. The maximum absolute atomic E-state index is 12.2. The van der Waals surface area contributed by atoms with Crippen LogP contribution in [0.15, 0.2) is 53.9 Å². The van der Waals surface area contributed by atoms with Crippen LogP contribution in [-0.2, 0) is 27.4 Å². The molecular weight excluding hydrogens is 428 g/mol. The van der Waals surface area contributed by atoms with Crippen LogP contribution >= 0.6 is 11.3 Å². The highest BCUT2D eigenvalue weighted by molar-refractivity contribution is 7.09. The molecular formula is C24H24N2O5S. The average Bonchev–Trinajstić information content (AvgIpc) is 3.24. The Morgan fingerprint density at radius 1 is 1.09 bits per heavy atom. The van der Waals surface area contributed by atoms with Gasteiger partial charge >= 0.3 is 5.97 Å². The van der Waals surface area contributed by atoms with Gasteiger partial charge in [0.1, 0.15) is 23.1 Å². The van der Waals surface area contributed by atoms with E-state index < -0.39 is 5.97 Å². The molecule has 0 radical (unpaired) electrons. The number of carbonyl (C=O) groups is 2. The van der Waals surface area contributed by atoms with Gasteiger partial charge < -0.3 is 19.5 Å². The van der Waals surface area contributed by atoms with Gasteiger partial charge in [-0.15, -0.1) is 11.3 Å². The van der Waals surface area contributed by atoms with Gasteiger partial charge in [-0.05, 0) is 43.3 Å². The molecule has 0 unspecified atom stereocenters. The summed E-state index contributed by atoms with van der Waals surface area (Å²) in [6, 6.07) is 12.9. The minimum absolute atomic E-state index is 0.0223. The molecule has 0 saturated heterocycles. The third kappa shape index (κ3) is 6.68. The molecule has 1 heterocycles. The van der Waals surface area contributed by atoms with E-state index in [0.717, 1.165) is 11.3 Å². The van der Waals surface area contributed by atoms with Crippen molar-refractivity contribution in [2.24, 2.45) is 0 Å². The normalized spacial score (nSPS) is 10.7. The van der Waals surface area contributed by atoms with Gasteiger partial charge in [-0.25, -0.2) is 9.78 Å². The van der Waals surface area contributed by atoms with E-state index in [0.29, 0.717) is 27.8 Å². The Balaban J connectivity index is 1.50. The molecule has 0 fully saturated rings. The monoisotopic (exact) mass is 452 g/mol. The Hall–Kier alpha value is -3.65. The molecule has 3 rings (SSSR count). The highest BCUT2D eigenvalue weighted by atomic mass is 32.1. The fourth-order valence-electron chi connectivity index (χ4n) is 2.80. The number of ether oxygens (including phenoxy) is 3. The Kier molecular flexibility index (Phi) is 7.99. The molecule has 3 aromatic rings. The van der Waals surface area contributed by atoms with E-state index in [9.17, 15) is 9.59 Å². The molecule has 0 bridgehead atoms. The van der Waals surface area contributed by atoms with E-state index in [-0.39, 0.29) is 18.9 Å². The zero-order valence-corrected chi connectivity index (χ0v) is 18.9. The number of aryl methyl sites for hydroxylation is 1. The van der Waals surface area contributed by atoms with E-state index in [1.54, 1.807) is 43.9 Å². The van der Waals surface area contributed by atoms with Gasteiger partial charge in [-0.3, -0.25) is 4.79 Å². The van der Waals surface area contributed by atoms with Crippen molar-refractivity contribution in [1.29, 1.82) is 0 Å². The maximum atomic E-state index is 12.2. The molecule has 1 N–H and O–H groups in total. The maximum Gasteiger partial charge on any atom is 0.331 e. The van der Waals surface area contributed by atoms with E-state index in [1.165, 1.54) is 17.4 Å². The number of amides is 1. The molecule has 1 aromatic heterocycles. The summed E-state index contributed by atoms with van der Waals surface area (Å²) in [5.74, 6) is 0.603. The molecule has 32 heavy (non-hydrogen) atoms. The fourth-order valence-corrected chi connectivity index (χ4v) is 3.57. The first-order valence-electron chi connectivity index (χ1n) is 9.83. The topological polar surface area (TPSA) is 86.8 Å². The number of carbonyl (C=O) groups excluding carboxylic acids is 2. The van der Waals surface area contributed by atoms with E-state index in [4.69, 9.17) is 14.2 Å². The van der Waals surface area contributed by atoms with Crippen molar-refractivity contribution in [3.63, 3.8) is 0 Å². The quantitative estimate of drug-likeness (QED) is 0.382. The average molecular weight is 453 g/mol.